The predicted octanol–water partition coefficient (Wildman–Crippen LogP) is 5.69. The van der Waals surface area contributed by atoms with Crippen LogP contribution in [0, 0.1) is 11.8 Å². The van der Waals surface area contributed by atoms with Crippen molar-refractivity contribution in [2.75, 3.05) is 0 Å². The highest BCUT2D eigenvalue weighted by Crippen LogP contribution is 2.33. The number of hydrogen-bond acceptors (Lipinski definition) is 1. The molecule has 0 unspecified atom stereocenters. The van der Waals surface area contributed by atoms with Crippen LogP contribution in [-0.2, 0) is 4.79 Å². The first-order valence-corrected chi connectivity index (χ1v) is 8.41. The maximum Gasteiger partial charge on any atom is 0.135 e. The largest absolute Gasteiger partial charge is 0.299 e. The Morgan fingerprint density at radius 2 is 1.84 bits per heavy atom. The summed E-state index contributed by atoms with van der Waals surface area (Å²) in [5, 5.41) is 0. The highest BCUT2D eigenvalue weighted by atomic mass is 16.1. The lowest BCUT2D eigenvalue weighted by Crippen LogP contribution is -2.21. The molecule has 1 fully saturated rings. The van der Waals surface area contributed by atoms with Crippen molar-refractivity contribution in [3.63, 3.8) is 0 Å². The van der Waals surface area contributed by atoms with E-state index < -0.39 is 0 Å². The third kappa shape index (κ3) is 6.94. The Labute approximate surface area is 119 Å². The van der Waals surface area contributed by atoms with Crippen LogP contribution in [0.2, 0.25) is 0 Å². The number of carbonyl (C=O) groups excluding carboxylic acids is 1. The lowest BCUT2D eigenvalue weighted by molar-refractivity contribution is -0.124. The molecule has 0 heterocycles. The second-order valence-corrected chi connectivity index (χ2v) is 6.21. The topological polar surface area (TPSA) is 17.1 Å². The fourth-order valence-corrected chi connectivity index (χ4v) is 3.23. The molecule has 0 N–H and O–H groups in total. The van der Waals surface area contributed by atoms with E-state index in [-0.39, 0.29) is 0 Å². The Hall–Kier alpha value is -0.590. The Balaban J connectivity index is 2.09. The first-order valence-electron chi connectivity index (χ1n) is 8.41. The molecule has 1 rings (SSSR count). The summed E-state index contributed by atoms with van der Waals surface area (Å²) in [4.78, 5) is 12.1. The van der Waals surface area contributed by atoms with E-state index in [1.165, 1.54) is 57.8 Å². The van der Waals surface area contributed by atoms with Crippen molar-refractivity contribution >= 4 is 5.78 Å². The molecule has 0 aromatic heterocycles. The maximum atomic E-state index is 12.1. The minimum Gasteiger partial charge on any atom is -0.299 e. The van der Waals surface area contributed by atoms with Crippen molar-refractivity contribution in [1.29, 1.82) is 0 Å². The van der Waals surface area contributed by atoms with Gasteiger partial charge in [-0.25, -0.2) is 0 Å². The van der Waals surface area contributed by atoms with Gasteiger partial charge in [-0.15, -0.1) is 6.58 Å². The average Bonchev–Trinajstić information content (AvgIpc) is 2.45. The van der Waals surface area contributed by atoms with Crippen molar-refractivity contribution in [3.8, 4) is 0 Å². The predicted molar refractivity (Wildman–Crippen MR) is 83.3 cm³/mol. The minimum absolute atomic E-state index is 0.400. The molecule has 0 amide bonds. The van der Waals surface area contributed by atoms with Crippen molar-refractivity contribution in [3.05, 3.63) is 12.7 Å². The van der Waals surface area contributed by atoms with E-state index in [1.54, 1.807) is 0 Å². The van der Waals surface area contributed by atoms with Gasteiger partial charge in [0.05, 0.1) is 0 Å². The van der Waals surface area contributed by atoms with Crippen LogP contribution in [0.1, 0.15) is 84.0 Å². The molecule has 0 bridgehead atoms. The van der Waals surface area contributed by atoms with E-state index in [0.717, 1.165) is 25.2 Å². The van der Waals surface area contributed by atoms with Crippen LogP contribution in [0.4, 0.5) is 0 Å². The summed E-state index contributed by atoms with van der Waals surface area (Å²) in [6, 6.07) is 0. The van der Waals surface area contributed by atoms with Gasteiger partial charge < -0.3 is 0 Å². The van der Waals surface area contributed by atoms with Crippen molar-refractivity contribution < 1.29 is 4.79 Å². The fraction of sp³-hybridized carbons (Fsp3) is 0.833. The van der Waals surface area contributed by atoms with Gasteiger partial charge in [0.15, 0.2) is 0 Å². The molecule has 0 aliphatic heterocycles. The first kappa shape index (κ1) is 16.5. The Kier molecular flexibility index (Phi) is 8.86. The zero-order chi connectivity index (χ0) is 13.9. The van der Waals surface area contributed by atoms with Crippen LogP contribution in [0.5, 0.6) is 0 Å². The van der Waals surface area contributed by atoms with E-state index in [9.17, 15) is 4.79 Å². The number of allylic oxidation sites excluding steroid dienone is 1. The molecule has 0 radical (unpaired) electrons. The van der Waals surface area contributed by atoms with E-state index >= 15 is 0 Å². The SMILES string of the molecule is C=CCCCCCC(=O)C1CCC(CCCC)CC1. The van der Waals surface area contributed by atoms with Gasteiger partial charge in [0.25, 0.3) is 0 Å². The molecular weight excluding hydrogens is 232 g/mol. The normalized spacial score (nSPS) is 23.2. The summed E-state index contributed by atoms with van der Waals surface area (Å²) in [6.45, 7) is 5.99. The fourth-order valence-electron chi connectivity index (χ4n) is 3.23. The minimum atomic E-state index is 0.400. The summed E-state index contributed by atoms with van der Waals surface area (Å²) in [7, 11) is 0. The molecule has 0 atom stereocenters. The highest BCUT2D eigenvalue weighted by Gasteiger charge is 2.25. The molecule has 1 nitrogen and oxygen atoms in total. The standard InChI is InChI=1S/C18H32O/c1-3-5-7-8-9-11-18(19)17-14-12-16(13-15-17)10-6-4-2/h3,16-17H,1,4-15H2,2H3. The number of rotatable bonds is 10. The third-order valence-corrected chi connectivity index (χ3v) is 4.60. The molecule has 0 aromatic carbocycles. The molecule has 19 heavy (non-hydrogen) atoms. The van der Waals surface area contributed by atoms with Gasteiger partial charge in [0.2, 0.25) is 0 Å². The van der Waals surface area contributed by atoms with Crippen LogP contribution in [-0.4, -0.2) is 5.78 Å². The average molecular weight is 264 g/mol. The number of hydrogen-bond donors (Lipinski definition) is 0. The van der Waals surface area contributed by atoms with Crippen LogP contribution in [0.25, 0.3) is 0 Å². The number of Topliss-reactive ketones (excluding diaryl/α,β-unsaturated/α-hetero) is 1. The van der Waals surface area contributed by atoms with E-state index in [1.807, 2.05) is 6.08 Å². The highest BCUT2D eigenvalue weighted by molar-refractivity contribution is 5.81. The van der Waals surface area contributed by atoms with Crippen molar-refractivity contribution in [2.45, 2.75) is 84.0 Å². The Morgan fingerprint density at radius 1 is 1.11 bits per heavy atom. The van der Waals surface area contributed by atoms with Gasteiger partial charge in [0.1, 0.15) is 5.78 Å². The summed E-state index contributed by atoms with van der Waals surface area (Å²) < 4.78 is 0. The summed E-state index contributed by atoms with van der Waals surface area (Å²) in [5.74, 6) is 1.86. The Bertz CT molecular complexity index is 248. The van der Waals surface area contributed by atoms with Gasteiger partial charge in [0, 0.05) is 12.3 Å². The smallest absolute Gasteiger partial charge is 0.135 e. The molecule has 1 aliphatic carbocycles. The van der Waals surface area contributed by atoms with Crippen molar-refractivity contribution in [1.82, 2.24) is 0 Å². The van der Waals surface area contributed by atoms with Crippen molar-refractivity contribution in [2.24, 2.45) is 11.8 Å². The van der Waals surface area contributed by atoms with Gasteiger partial charge >= 0.3 is 0 Å². The van der Waals surface area contributed by atoms with E-state index in [4.69, 9.17) is 0 Å². The molecule has 1 aliphatic rings. The van der Waals surface area contributed by atoms with E-state index in [2.05, 4.69) is 13.5 Å². The van der Waals surface area contributed by atoms with Gasteiger partial charge in [-0.2, -0.15) is 0 Å². The monoisotopic (exact) mass is 264 g/mol. The van der Waals surface area contributed by atoms with E-state index in [0.29, 0.717) is 11.7 Å². The Morgan fingerprint density at radius 3 is 2.47 bits per heavy atom. The second-order valence-electron chi connectivity index (χ2n) is 6.21. The molecule has 0 aromatic rings. The molecule has 0 saturated heterocycles. The number of unbranched alkanes of at least 4 members (excludes halogenated alkanes) is 4. The number of ketones is 1. The number of carbonyl (C=O) groups is 1. The maximum absolute atomic E-state index is 12.1. The molecule has 0 spiro atoms. The second kappa shape index (κ2) is 10.2. The molecule has 110 valence electrons. The summed E-state index contributed by atoms with van der Waals surface area (Å²) in [5.41, 5.74) is 0. The zero-order valence-corrected chi connectivity index (χ0v) is 12.8. The first-order chi connectivity index (χ1) is 9.27. The van der Waals surface area contributed by atoms with Gasteiger partial charge in [-0.3, -0.25) is 4.79 Å². The quantitative estimate of drug-likeness (QED) is 0.366. The van der Waals surface area contributed by atoms with Crippen LogP contribution < -0.4 is 0 Å². The summed E-state index contributed by atoms with van der Waals surface area (Å²) >= 11 is 0. The molecular formula is C18H32O. The molecule has 1 heteroatoms. The van der Waals surface area contributed by atoms with Gasteiger partial charge in [-0.1, -0.05) is 38.7 Å². The zero-order valence-electron chi connectivity index (χ0n) is 12.8. The van der Waals surface area contributed by atoms with Crippen LogP contribution in [0.3, 0.4) is 0 Å². The van der Waals surface area contributed by atoms with Gasteiger partial charge in [-0.05, 0) is 50.9 Å². The third-order valence-electron chi connectivity index (χ3n) is 4.60. The lowest BCUT2D eigenvalue weighted by atomic mass is 9.77. The lowest BCUT2D eigenvalue weighted by Gasteiger charge is -2.27. The summed E-state index contributed by atoms with van der Waals surface area (Å²) in [6.07, 6.45) is 16.3. The van der Waals surface area contributed by atoms with Crippen LogP contribution in [0.15, 0.2) is 12.7 Å². The molecule has 1 saturated carbocycles. The van der Waals surface area contributed by atoms with Crippen LogP contribution >= 0.6 is 0 Å².